The first-order valence-corrected chi connectivity index (χ1v) is 11.7. The molecule has 4 heterocycles. The van der Waals surface area contributed by atoms with E-state index < -0.39 is 0 Å². The largest absolute Gasteiger partial charge is 0.330 e. The van der Waals surface area contributed by atoms with Crippen molar-refractivity contribution in [3.05, 3.63) is 54.1 Å². The van der Waals surface area contributed by atoms with Gasteiger partial charge in [-0.05, 0) is 48.9 Å². The van der Waals surface area contributed by atoms with Crippen LogP contribution < -0.4 is 5.32 Å². The van der Waals surface area contributed by atoms with Gasteiger partial charge in [-0.15, -0.1) is 0 Å². The first-order chi connectivity index (χ1) is 16.0. The van der Waals surface area contributed by atoms with Crippen LogP contribution in [0.25, 0.3) is 44.3 Å². The quantitative estimate of drug-likeness (QED) is 0.441. The third kappa shape index (κ3) is 2.69. The molecule has 0 bridgehead atoms. The van der Waals surface area contributed by atoms with Crippen molar-refractivity contribution in [1.29, 1.82) is 0 Å². The lowest BCUT2D eigenvalue weighted by Gasteiger charge is -2.54. The molecule has 0 amide bonds. The summed E-state index contributed by atoms with van der Waals surface area (Å²) in [6.45, 7) is 4.48. The number of hydrogen-bond donors (Lipinski definition) is 2. The SMILES string of the molecule is Cc1ccc2[nH]ncc2c1-c1c(-c2ccc3nn(C)cc3c2)nc(C2CC3(CNC3)C2)n1C. The van der Waals surface area contributed by atoms with Crippen LogP contribution in [0.1, 0.15) is 30.1 Å². The average Bonchev–Trinajstić information content (AvgIpc) is 3.43. The Morgan fingerprint density at radius 1 is 1.09 bits per heavy atom. The first kappa shape index (κ1) is 19.1. The van der Waals surface area contributed by atoms with Crippen LogP contribution in [0.3, 0.4) is 0 Å². The second-order valence-corrected chi connectivity index (χ2v) is 10.1. The Balaban J connectivity index is 1.46. The van der Waals surface area contributed by atoms with E-state index in [4.69, 9.17) is 4.98 Å². The van der Waals surface area contributed by atoms with Gasteiger partial charge in [-0.1, -0.05) is 12.1 Å². The summed E-state index contributed by atoms with van der Waals surface area (Å²) in [6.07, 6.45) is 6.46. The Morgan fingerprint density at radius 2 is 1.94 bits per heavy atom. The van der Waals surface area contributed by atoms with E-state index in [9.17, 15) is 0 Å². The summed E-state index contributed by atoms with van der Waals surface area (Å²) < 4.78 is 4.22. The molecule has 0 radical (unpaired) electrons. The summed E-state index contributed by atoms with van der Waals surface area (Å²) in [5.41, 5.74) is 8.35. The van der Waals surface area contributed by atoms with Gasteiger partial charge < -0.3 is 9.88 Å². The fourth-order valence-electron chi connectivity index (χ4n) is 6.04. The standard InChI is InChI=1S/C26H27N7/c1-15-4-6-21-19(11-28-30-21)22(15)24-23(16-5-7-20-17(8-16)12-32(2)31-20)29-25(33(24)3)18-9-26(10-18)13-27-14-26/h4-8,11-12,18,27H,9-10,13-14H2,1-3H3,(H,28,30). The van der Waals surface area contributed by atoms with E-state index in [2.05, 4.69) is 75.7 Å². The van der Waals surface area contributed by atoms with Gasteiger partial charge in [-0.25, -0.2) is 4.98 Å². The number of H-pyrrole nitrogens is 1. The minimum Gasteiger partial charge on any atom is -0.330 e. The topological polar surface area (TPSA) is 76.3 Å². The van der Waals surface area contributed by atoms with E-state index in [1.807, 2.05) is 17.9 Å². The maximum atomic E-state index is 5.33. The Hall–Kier alpha value is -3.45. The molecule has 5 aromatic rings. The predicted molar refractivity (Wildman–Crippen MR) is 130 cm³/mol. The van der Waals surface area contributed by atoms with Crippen LogP contribution in [0.2, 0.25) is 0 Å². The molecule has 1 saturated carbocycles. The molecule has 33 heavy (non-hydrogen) atoms. The smallest absolute Gasteiger partial charge is 0.112 e. The fourth-order valence-corrected chi connectivity index (χ4v) is 6.04. The van der Waals surface area contributed by atoms with Crippen LogP contribution in [-0.2, 0) is 14.1 Å². The second-order valence-electron chi connectivity index (χ2n) is 10.1. The minimum atomic E-state index is 0.506. The molecule has 0 atom stereocenters. The van der Waals surface area contributed by atoms with Crippen molar-refractivity contribution in [2.45, 2.75) is 25.7 Å². The monoisotopic (exact) mass is 437 g/mol. The summed E-state index contributed by atoms with van der Waals surface area (Å²) in [4.78, 5) is 5.33. The van der Waals surface area contributed by atoms with Gasteiger partial charge in [0.1, 0.15) is 5.82 Å². The van der Waals surface area contributed by atoms with Gasteiger partial charge in [0.25, 0.3) is 0 Å². The van der Waals surface area contributed by atoms with Gasteiger partial charge >= 0.3 is 0 Å². The van der Waals surface area contributed by atoms with Crippen molar-refractivity contribution in [1.82, 2.24) is 34.8 Å². The summed E-state index contributed by atoms with van der Waals surface area (Å²) in [5, 5.41) is 17.8. The minimum absolute atomic E-state index is 0.506. The van der Waals surface area contributed by atoms with Crippen LogP contribution in [-0.4, -0.2) is 42.6 Å². The van der Waals surface area contributed by atoms with Crippen LogP contribution in [0.4, 0.5) is 0 Å². The zero-order valence-corrected chi connectivity index (χ0v) is 19.2. The number of imidazole rings is 1. The predicted octanol–water partition coefficient (Wildman–Crippen LogP) is 4.29. The average molecular weight is 438 g/mol. The van der Waals surface area contributed by atoms with Crippen molar-refractivity contribution >= 4 is 21.8 Å². The molecule has 2 aliphatic rings. The molecule has 1 spiro atoms. The van der Waals surface area contributed by atoms with Gasteiger partial charge in [-0.3, -0.25) is 9.78 Å². The maximum Gasteiger partial charge on any atom is 0.112 e. The van der Waals surface area contributed by atoms with Gasteiger partial charge in [0, 0.05) is 61.2 Å². The molecular formula is C26H27N7. The van der Waals surface area contributed by atoms with Gasteiger partial charge in [0.05, 0.1) is 28.6 Å². The highest BCUT2D eigenvalue weighted by molar-refractivity contribution is 5.99. The second kappa shape index (κ2) is 6.54. The fraction of sp³-hybridized carbons (Fsp3) is 0.346. The summed E-state index contributed by atoms with van der Waals surface area (Å²) >= 11 is 0. The molecule has 2 aromatic carbocycles. The summed E-state index contributed by atoms with van der Waals surface area (Å²) in [5.74, 6) is 1.71. The van der Waals surface area contributed by atoms with E-state index in [0.29, 0.717) is 11.3 Å². The number of fused-ring (bicyclic) bond motifs is 2. The van der Waals surface area contributed by atoms with Crippen LogP contribution in [0.5, 0.6) is 0 Å². The lowest BCUT2D eigenvalue weighted by Crippen LogP contribution is -2.59. The molecule has 1 saturated heterocycles. The Morgan fingerprint density at radius 3 is 2.73 bits per heavy atom. The molecule has 1 aliphatic heterocycles. The molecule has 7 nitrogen and oxygen atoms in total. The zero-order valence-electron chi connectivity index (χ0n) is 19.2. The number of rotatable bonds is 3. The highest BCUT2D eigenvalue weighted by atomic mass is 15.2. The molecule has 3 aromatic heterocycles. The van der Waals surface area contributed by atoms with Crippen molar-refractivity contribution < 1.29 is 0 Å². The van der Waals surface area contributed by atoms with Crippen LogP contribution in [0, 0.1) is 12.3 Å². The molecule has 1 aliphatic carbocycles. The summed E-state index contributed by atoms with van der Waals surface area (Å²) in [6, 6.07) is 10.8. The normalized spacial score (nSPS) is 17.7. The number of aryl methyl sites for hydroxylation is 2. The van der Waals surface area contributed by atoms with Crippen LogP contribution >= 0.6 is 0 Å². The summed E-state index contributed by atoms with van der Waals surface area (Å²) in [7, 11) is 4.15. The number of hydrogen-bond acceptors (Lipinski definition) is 4. The Kier molecular flexibility index (Phi) is 3.78. The molecule has 2 fully saturated rings. The van der Waals surface area contributed by atoms with E-state index >= 15 is 0 Å². The number of aromatic amines is 1. The number of aromatic nitrogens is 6. The highest BCUT2D eigenvalue weighted by Crippen LogP contribution is 2.54. The number of benzene rings is 2. The van der Waals surface area contributed by atoms with Gasteiger partial charge in [0.2, 0.25) is 0 Å². The first-order valence-electron chi connectivity index (χ1n) is 11.7. The molecule has 2 N–H and O–H groups in total. The van der Waals surface area contributed by atoms with Crippen molar-refractivity contribution in [3.63, 3.8) is 0 Å². The van der Waals surface area contributed by atoms with Crippen molar-refractivity contribution in [2.75, 3.05) is 13.1 Å². The third-order valence-corrected chi connectivity index (χ3v) is 7.82. The van der Waals surface area contributed by atoms with E-state index in [1.54, 1.807) is 0 Å². The lowest BCUT2D eigenvalue weighted by atomic mass is 9.58. The molecule has 7 heteroatoms. The molecule has 166 valence electrons. The zero-order chi connectivity index (χ0) is 22.3. The maximum absolute atomic E-state index is 5.33. The van der Waals surface area contributed by atoms with Gasteiger partial charge in [-0.2, -0.15) is 10.2 Å². The molecule has 0 unspecified atom stereocenters. The third-order valence-electron chi connectivity index (χ3n) is 7.82. The molecular weight excluding hydrogens is 410 g/mol. The number of nitrogens with zero attached hydrogens (tertiary/aromatic N) is 5. The van der Waals surface area contributed by atoms with E-state index in [1.165, 1.54) is 35.5 Å². The van der Waals surface area contributed by atoms with E-state index in [-0.39, 0.29) is 0 Å². The Labute approximate surface area is 191 Å². The highest BCUT2D eigenvalue weighted by Gasteiger charge is 2.50. The number of nitrogens with one attached hydrogen (secondary N) is 2. The van der Waals surface area contributed by atoms with Gasteiger partial charge in [0.15, 0.2) is 0 Å². The molecule has 7 rings (SSSR count). The van der Waals surface area contributed by atoms with Crippen molar-refractivity contribution in [2.24, 2.45) is 19.5 Å². The lowest BCUT2D eigenvalue weighted by molar-refractivity contribution is 0.0321. The van der Waals surface area contributed by atoms with Crippen LogP contribution in [0.15, 0.2) is 42.7 Å². The van der Waals surface area contributed by atoms with E-state index in [0.717, 1.165) is 46.2 Å². The van der Waals surface area contributed by atoms with Crippen molar-refractivity contribution in [3.8, 4) is 22.5 Å². The Bertz CT molecular complexity index is 1540.